The molecule has 2 aliphatic heterocycles. The van der Waals surface area contributed by atoms with E-state index in [9.17, 15) is 4.79 Å². The van der Waals surface area contributed by atoms with Gasteiger partial charge in [0.15, 0.2) is 0 Å². The normalized spacial score (nSPS) is 16.8. The number of likely N-dealkylation sites (N-methyl/N-ethyl adjacent to an activating group) is 1. The second kappa shape index (κ2) is 10.2. The summed E-state index contributed by atoms with van der Waals surface area (Å²) >= 11 is 0. The third kappa shape index (κ3) is 4.98. The quantitative estimate of drug-likeness (QED) is 0.386. The van der Waals surface area contributed by atoms with Crippen molar-refractivity contribution in [2.24, 2.45) is 0 Å². The SMILES string of the molecule is CN1CCN(c2cc(-c3c[nH]c4ncc(NC(=O)c5ccnc(N6CCNCC6)c5)cc34)ccn2)CC1. The molecule has 2 fully saturated rings. The summed E-state index contributed by atoms with van der Waals surface area (Å²) in [5.41, 5.74) is 4.09. The number of amides is 1. The summed E-state index contributed by atoms with van der Waals surface area (Å²) in [4.78, 5) is 36.9. The Balaban J connectivity index is 1.23. The monoisotopic (exact) mass is 497 g/mol. The molecule has 2 saturated heterocycles. The summed E-state index contributed by atoms with van der Waals surface area (Å²) in [6.07, 6.45) is 7.20. The number of pyridine rings is 3. The molecule has 0 unspecified atom stereocenters. The lowest BCUT2D eigenvalue weighted by Gasteiger charge is -2.33. The zero-order valence-electron chi connectivity index (χ0n) is 20.9. The Hall–Kier alpha value is -4.02. The lowest BCUT2D eigenvalue weighted by Crippen LogP contribution is -2.44. The molecule has 0 aliphatic carbocycles. The average Bonchev–Trinajstić information content (AvgIpc) is 3.37. The van der Waals surface area contributed by atoms with Crippen LogP contribution in [0.3, 0.4) is 0 Å². The van der Waals surface area contributed by atoms with Crippen LogP contribution in [0.5, 0.6) is 0 Å². The van der Waals surface area contributed by atoms with E-state index >= 15 is 0 Å². The molecule has 10 nitrogen and oxygen atoms in total. The number of carbonyl (C=O) groups is 1. The van der Waals surface area contributed by atoms with E-state index in [4.69, 9.17) is 0 Å². The van der Waals surface area contributed by atoms with Crippen LogP contribution in [-0.2, 0) is 0 Å². The molecule has 6 rings (SSSR count). The Labute approximate surface area is 215 Å². The van der Waals surface area contributed by atoms with Crippen LogP contribution in [0.25, 0.3) is 22.2 Å². The fraction of sp³-hybridized carbons (Fsp3) is 0.333. The van der Waals surface area contributed by atoms with Crippen LogP contribution in [0.4, 0.5) is 17.3 Å². The van der Waals surface area contributed by atoms with Crippen molar-refractivity contribution < 1.29 is 4.79 Å². The van der Waals surface area contributed by atoms with Gasteiger partial charge < -0.3 is 30.3 Å². The van der Waals surface area contributed by atoms with Gasteiger partial charge in [-0.15, -0.1) is 0 Å². The van der Waals surface area contributed by atoms with Crippen LogP contribution in [0.1, 0.15) is 10.4 Å². The molecule has 1 amide bonds. The highest BCUT2D eigenvalue weighted by Crippen LogP contribution is 2.31. The van der Waals surface area contributed by atoms with Crippen molar-refractivity contribution in [3.05, 3.63) is 60.7 Å². The molecule has 10 heteroatoms. The third-order valence-corrected chi connectivity index (χ3v) is 7.12. The first-order valence-corrected chi connectivity index (χ1v) is 12.7. The van der Waals surface area contributed by atoms with Crippen molar-refractivity contribution >= 4 is 34.3 Å². The molecule has 0 bridgehead atoms. The number of rotatable bonds is 5. The van der Waals surface area contributed by atoms with E-state index in [2.05, 4.69) is 58.4 Å². The molecule has 37 heavy (non-hydrogen) atoms. The number of carbonyl (C=O) groups excluding carboxylic acids is 1. The average molecular weight is 498 g/mol. The van der Waals surface area contributed by atoms with Crippen LogP contribution in [-0.4, -0.2) is 90.1 Å². The molecule has 190 valence electrons. The van der Waals surface area contributed by atoms with E-state index in [0.717, 1.165) is 86.2 Å². The zero-order valence-corrected chi connectivity index (χ0v) is 20.9. The molecule has 4 aromatic rings. The van der Waals surface area contributed by atoms with Gasteiger partial charge in [-0.1, -0.05) is 0 Å². The molecule has 4 aromatic heterocycles. The topological polar surface area (TPSA) is 105 Å². The molecule has 0 spiro atoms. The molecular formula is C27H31N9O. The Morgan fingerprint density at radius 1 is 0.892 bits per heavy atom. The van der Waals surface area contributed by atoms with Gasteiger partial charge in [-0.05, 0) is 42.9 Å². The van der Waals surface area contributed by atoms with Crippen LogP contribution < -0.4 is 20.4 Å². The number of nitrogens with zero attached hydrogens (tertiary/aromatic N) is 6. The number of nitrogens with one attached hydrogen (secondary N) is 3. The van der Waals surface area contributed by atoms with Gasteiger partial charge in [0.25, 0.3) is 5.91 Å². The lowest BCUT2D eigenvalue weighted by molar-refractivity contribution is 0.102. The van der Waals surface area contributed by atoms with E-state index in [1.165, 1.54) is 0 Å². The highest BCUT2D eigenvalue weighted by molar-refractivity contribution is 6.06. The number of piperazine rings is 2. The van der Waals surface area contributed by atoms with Crippen LogP contribution in [0.15, 0.2) is 55.1 Å². The lowest BCUT2D eigenvalue weighted by atomic mass is 10.1. The summed E-state index contributed by atoms with van der Waals surface area (Å²) in [6, 6.07) is 9.72. The van der Waals surface area contributed by atoms with E-state index in [1.807, 2.05) is 30.6 Å². The minimum absolute atomic E-state index is 0.182. The van der Waals surface area contributed by atoms with E-state index in [0.29, 0.717) is 11.3 Å². The number of aromatic nitrogens is 4. The van der Waals surface area contributed by atoms with Crippen molar-refractivity contribution in [1.82, 2.24) is 30.2 Å². The van der Waals surface area contributed by atoms with Gasteiger partial charge in [0.1, 0.15) is 17.3 Å². The highest BCUT2D eigenvalue weighted by Gasteiger charge is 2.18. The molecule has 6 heterocycles. The number of fused-ring (bicyclic) bond motifs is 1. The second-order valence-corrected chi connectivity index (χ2v) is 9.61. The maximum atomic E-state index is 13.1. The number of hydrogen-bond donors (Lipinski definition) is 3. The maximum absolute atomic E-state index is 13.1. The summed E-state index contributed by atoms with van der Waals surface area (Å²) in [6.45, 7) is 7.56. The number of hydrogen-bond acceptors (Lipinski definition) is 8. The first kappa shape index (κ1) is 23.4. The highest BCUT2D eigenvalue weighted by atomic mass is 16.1. The molecule has 0 saturated carbocycles. The van der Waals surface area contributed by atoms with Crippen molar-refractivity contribution in [2.45, 2.75) is 0 Å². The molecule has 0 aromatic carbocycles. The number of aromatic amines is 1. The fourth-order valence-electron chi connectivity index (χ4n) is 4.93. The zero-order chi connectivity index (χ0) is 25.2. The van der Waals surface area contributed by atoms with E-state index in [1.54, 1.807) is 18.5 Å². The Bertz CT molecular complexity index is 1400. The smallest absolute Gasteiger partial charge is 0.255 e. The minimum atomic E-state index is -0.182. The molecule has 0 atom stereocenters. The summed E-state index contributed by atoms with van der Waals surface area (Å²) in [5.74, 6) is 1.62. The van der Waals surface area contributed by atoms with Crippen molar-refractivity contribution in [1.29, 1.82) is 0 Å². The molecule has 0 radical (unpaired) electrons. The largest absolute Gasteiger partial charge is 0.354 e. The first-order chi connectivity index (χ1) is 18.1. The van der Waals surface area contributed by atoms with E-state index < -0.39 is 0 Å². The third-order valence-electron chi connectivity index (χ3n) is 7.12. The van der Waals surface area contributed by atoms with Gasteiger partial charge in [-0.2, -0.15) is 0 Å². The van der Waals surface area contributed by atoms with Crippen LogP contribution in [0.2, 0.25) is 0 Å². The number of anilines is 3. The van der Waals surface area contributed by atoms with Crippen molar-refractivity contribution in [2.75, 3.05) is 74.5 Å². The van der Waals surface area contributed by atoms with Gasteiger partial charge in [0.2, 0.25) is 0 Å². The Morgan fingerprint density at radius 3 is 2.43 bits per heavy atom. The van der Waals surface area contributed by atoms with Gasteiger partial charge in [0, 0.05) is 87.5 Å². The van der Waals surface area contributed by atoms with Gasteiger partial charge in [-0.3, -0.25) is 4.79 Å². The molecule has 3 N–H and O–H groups in total. The second-order valence-electron chi connectivity index (χ2n) is 9.61. The van der Waals surface area contributed by atoms with E-state index in [-0.39, 0.29) is 5.91 Å². The summed E-state index contributed by atoms with van der Waals surface area (Å²) < 4.78 is 0. The maximum Gasteiger partial charge on any atom is 0.255 e. The van der Waals surface area contributed by atoms with Gasteiger partial charge in [-0.25, -0.2) is 15.0 Å². The molecule has 2 aliphatic rings. The van der Waals surface area contributed by atoms with Crippen LogP contribution >= 0.6 is 0 Å². The van der Waals surface area contributed by atoms with Gasteiger partial charge in [0.05, 0.1) is 11.9 Å². The Morgan fingerprint density at radius 2 is 1.62 bits per heavy atom. The summed E-state index contributed by atoms with van der Waals surface area (Å²) in [7, 11) is 2.15. The standard InChI is InChI=1S/C27H31N9O/c1-34-10-12-36(13-11-34)24-14-19(2-4-29-24)23-18-32-26-22(23)16-21(17-31-26)33-27(37)20-3-5-30-25(15-20)35-8-6-28-7-9-35/h2-5,14-18,28H,6-13H2,1H3,(H,31,32)(H,33,37). The predicted molar refractivity (Wildman–Crippen MR) is 146 cm³/mol. The first-order valence-electron chi connectivity index (χ1n) is 12.7. The predicted octanol–water partition coefficient (Wildman–Crippen LogP) is 2.43. The summed E-state index contributed by atoms with van der Waals surface area (Å²) in [5, 5.41) is 7.30. The molecular weight excluding hydrogens is 466 g/mol. The minimum Gasteiger partial charge on any atom is -0.354 e. The van der Waals surface area contributed by atoms with Crippen molar-refractivity contribution in [3.63, 3.8) is 0 Å². The fourth-order valence-corrected chi connectivity index (χ4v) is 4.93. The number of H-pyrrole nitrogens is 1. The Kier molecular flexibility index (Phi) is 6.42. The van der Waals surface area contributed by atoms with Gasteiger partial charge >= 0.3 is 0 Å². The van der Waals surface area contributed by atoms with Crippen LogP contribution in [0, 0.1) is 0 Å². The van der Waals surface area contributed by atoms with Crippen molar-refractivity contribution in [3.8, 4) is 11.1 Å².